The summed E-state index contributed by atoms with van der Waals surface area (Å²) in [6.07, 6.45) is 2.05. The highest BCUT2D eigenvalue weighted by Gasteiger charge is 2.27. The summed E-state index contributed by atoms with van der Waals surface area (Å²) in [6, 6.07) is 16.1. The molecule has 0 radical (unpaired) electrons. The minimum atomic E-state index is -0.398. The maximum atomic E-state index is 12.7. The van der Waals surface area contributed by atoms with Gasteiger partial charge in [0.05, 0.1) is 5.92 Å². The lowest BCUT2D eigenvalue weighted by atomic mass is 9.85. The van der Waals surface area contributed by atoms with Crippen LogP contribution in [0.2, 0.25) is 0 Å². The van der Waals surface area contributed by atoms with Gasteiger partial charge in [-0.25, -0.2) is 0 Å². The van der Waals surface area contributed by atoms with Gasteiger partial charge < -0.3 is 10.1 Å². The zero-order valence-electron chi connectivity index (χ0n) is 17.3. The molecule has 0 aliphatic heterocycles. The van der Waals surface area contributed by atoms with Crippen LogP contribution >= 0.6 is 0 Å². The Morgan fingerprint density at radius 1 is 0.966 bits per heavy atom. The average molecular weight is 395 g/mol. The van der Waals surface area contributed by atoms with Crippen molar-refractivity contribution in [3.8, 4) is 0 Å². The molecule has 0 aromatic heterocycles. The molecule has 0 aliphatic rings. The minimum absolute atomic E-state index is 0.0579. The van der Waals surface area contributed by atoms with E-state index in [0.29, 0.717) is 17.7 Å². The molecule has 0 fully saturated rings. The van der Waals surface area contributed by atoms with Gasteiger partial charge >= 0.3 is 5.97 Å². The number of ketones is 1. The fraction of sp³-hybridized carbons (Fsp3) is 0.375. The van der Waals surface area contributed by atoms with Crippen LogP contribution in [0.3, 0.4) is 0 Å². The summed E-state index contributed by atoms with van der Waals surface area (Å²) in [4.78, 5) is 36.7. The van der Waals surface area contributed by atoms with Gasteiger partial charge in [0.1, 0.15) is 0 Å². The number of benzene rings is 2. The highest BCUT2D eigenvalue weighted by molar-refractivity contribution is 5.99. The van der Waals surface area contributed by atoms with Gasteiger partial charge in [-0.3, -0.25) is 14.4 Å². The van der Waals surface area contributed by atoms with Crippen molar-refractivity contribution < 1.29 is 19.1 Å². The van der Waals surface area contributed by atoms with Crippen molar-refractivity contribution in [2.24, 2.45) is 5.92 Å². The molecule has 0 heterocycles. The number of anilines is 1. The first kappa shape index (κ1) is 22.3. The molecule has 0 saturated heterocycles. The third-order valence-corrected chi connectivity index (χ3v) is 4.94. The summed E-state index contributed by atoms with van der Waals surface area (Å²) in [5.74, 6) is -1.02. The fourth-order valence-electron chi connectivity index (χ4n) is 3.09. The van der Waals surface area contributed by atoms with Crippen molar-refractivity contribution in [2.45, 2.75) is 46.0 Å². The topological polar surface area (TPSA) is 72.5 Å². The van der Waals surface area contributed by atoms with Gasteiger partial charge in [-0.1, -0.05) is 57.5 Å². The van der Waals surface area contributed by atoms with Crippen molar-refractivity contribution in [1.82, 2.24) is 0 Å². The maximum Gasteiger partial charge on any atom is 0.314 e. The molecule has 5 heteroatoms. The number of hydrogen-bond acceptors (Lipinski definition) is 4. The van der Waals surface area contributed by atoms with Crippen molar-refractivity contribution in [1.29, 1.82) is 0 Å². The molecule has 1 amide bonds. The number of hydrogen-bond donors (Lipinski definition) is 1. The molecule has 1 N–H and O–H groups in total. The predicted molar refractivity (Wildman–Crippen MR) is 114 cm³/mol. The van der Waals surface area contributed by atoms with E-state index in [1.165, 1.54) is 0 Å². The molecule has 29 heavy (non-hydrogen) atoms. The Hall–Kier alpha value is -2.95. The summed E-state index contributed by atoms with van der Waals surface area (Å²) < 4.78 is 5.37. The van der Waals surface area contributed by atoms with Crippen molar-refractivity contribution >= 4 is 23.3 Å². The number of carbonyl (C=O) groups excluding carboxylic acids is 3. The van der Waals surface area contributed by atoms with Crippen LogP contribution in [0.1, 0.15) is 61.9 Å². The van der Waals surface area contributed by atoms with Gasteiger partial charge in [0.25, 0.3) is 0 Å². The van der Waals surface area contributed by atoms with Gasteiger partial charge in [-0.2, -0.15) is 0 Å². The molecule has 154 valence electrons. The van der Waals surface area contributed by atoms with Crippen LogP contribution in [0.5, 0.6) is 0 Å². The van der Waals surface area contributed by atoms with E-state index in [9.17, 15) is 14.4 Å². The quantitative estimate of drug-likeness (QED) is 0.455. The van der Waals surface area contributed by atoms with E-state index < -0.39 is 5.92 Å². The molecule has 0 aliphatic carbocycles. The van der Waals surface area contributed by atoms with Crippen LogP contribution < -0.4 is 5.32 Å². The zero-order chi connectivity index (χ0) is 21.2. The largest absolute Gasteiger partial charge is 0.457 e. The summed E-state index contributed by atoms with van der Waals surface area (Å²) in [7, 11) is 0. The number of rotatable bonds is 10. The highest BCUT2D eigenvalue weighted by atomic mass is 16.5. The summed E-state index contributed by atoms with van der Waals surface area (Å²) >= 11 is 0. The van der Waals surface area contributed by atoms with Gasteiger partial charge in [0, 0.05) is 17.7 Å². The molecule has 0 saturated carbocycles. The molecule has 2 aromatic rings. The smallest absolute Gasteiger partial charge is 0.314 e. The van der Waals surface area contributed by atoms with Crippen molar-refractivity contribution in [2.75, 3.05) is 11.9 Å². The van der Waals surface area contributed by atoms with Crippen LogP contribution in [0.15, 0.2) is 54.6 Å². The van der Waals surface area contributed by atoms with Gasteiger partial charge in [-0.15, -0.1) is 0 Å². The Balaban J connectivity index is 1.98. The first-order chi connectivity index (χ1) is 14.0. The molecular weight excluding hydrogens is 366 g/mol. The molecule has 2 aromatic carbocycles. The molecule has 0 spiro atoms. The normalized spacial score (nSPS) is 12.7. The van der Waals surface area contributed by atoms with Crippen LogP contribution in [0.25, 0.3) is 0 Å². The monoisotopic (exact) mass is 395 g/mol. The van der Waals surface area contributed by atoms with Crippen molar-refractivity contribution in [3.05, 3.63) is 65.7 Å². The summed E-state index contributed by atoms with van der Waals surface area (Å²) in [5.41, 5.74) is 1.97. The van der Waals surface area contributed by atoms with Crippen molar-refractivity contribution in [3.63, 3.8) is 0 Å². The zero-order valence-corrected chi connectivity index (χ0v) is 17.3. The Kier molecular flexibility index (Phi) is 8.59. The molecule has 2 rings (SSSR count). The SMILES string of the molecule is CCCC(=O)Nc1ccc(C(=O)COC(=O)C(c2ccccc2)C(C)CC)cc1. The van der Waals surface area contributed by atoms with Gasteiger partial charge in [-0.05, 0) is 42.2 Å². The number of carbonyl (C=O) groups is 3. The second-order valence-electron chi connectivity index (χ2n) is 7.18. The fourth-order valence-corrected chi connectivity index (χ4v) is 3.09. The first-order valence-electron chi connectivity index (χ1n) is 10.1. The summed E-state index contributed by atoms with van der Waals surface area (Å²) in [6.45, 7) is 5.67. The Morgan fingerprint density at radius 2 is 1.62 bits per heavy atom. The molecule has 2 unspecified atom stereocenters. The van der Waals surface area contributed by atoms with Crippen LogP contribution in [0.4, 0.5) is 5.69 Å². The average Bonchev–Trinajstić information content (AvgIpc) is 2.73. The van der Waals surface area contributed by atoms with E-state index in [-0.39, 0.29) is 30.2 Å². The second kappa shape index (κ2) is 11.1. The number of nitrogens with one attached hydrogen (secondary N) is 1. The van der Waals surface area contributed by atoms with E-state index in [1.54, 1.807) is 24.3 Å². The standard InChI is InChI=1S/C24H29NO4/c1-4-9-22(27)25-20-14-12-18(13-15-20)21(26)16-29-24(28)23(17(3)5-2)19-10-7-6-8-11-19/h6-8,10-15,17,23H,4-5,9,16H2,1-3H3,(H,25,27). The Bertz CT molecular complexity index is 815. The second-order valence-corrected chi connectivity index (χ2v) is 7.18. The predicted octanol–water partition coefficient (Wildman–Crippen LogP) is 4.98. The molecule has 2 atom stereocenters. The Labute approximate surface area is 172 Å². The van der Waals surface area contributed by atoms with Crippen LogP contribution in [-0.4, -0.2) is 24.3 Å². The third kappa shape index (κ3) is 6.56. The molecule has 0 bridgehead atoms. The molecular formula is C24H29NO4. The van der Waals surface area contributed by atoms with Gasteiger partial charge in [0.15, 0.2) is 12.4 Å². The van der Waals surface area contributed by atoms with E-state index in [2.05, 4.69) is 5.32 Å². The lowest BCUT2D eigenvalue weighted by Gasteiger charge is -2.21. The maximum absolute atomic E-state index is 12.7. The number of amides is 1. The first-order valence-corrected chi connectivity index (χ1v) is 10.1. The third-order valence-electron chi connectivity index (χ3n) is 4.94. The minimum Gasteiger partial charge on any atom is -0.457 e. The Morgan fingerprint density at radius 3 is 2.21 bits per heavy atom. The van der Waals surface area contributed by atoms with E-state index in [0.717, 1.165) is 18.4 Å². The van der Waals surface area contributed by atoms with E-state index in [4.69, 9.17) is 4.74 Å². The number of Topliss-reactive ketones (excluding diaryl/α,β-unsaturated/α-hetero) is 1. The number of esters is 1. The van der Waals surface area contributed by atoms with E-state index >= 15 is 0 Å². The summed E-state index contributed by atoms with van der Waals surface area (Å²) in [5, 5.41) is 2.78. The van der Waals surface area contributed by atoms with Crippen LogP contribution in [0, 0.1) is 5.92 Å². The lowest BCUT2D eigenvalue weighted by molar-refractivity contribution is -0.145. The molecule has 5 nitrogen and oxygen atoms in total. The number of ether oxygens (including phenoxy) is 1. The van der Waals surface area contributed by atoms with Crippen LogP contribution in [-0.2, 0) is 14.3 Å². The highest BCUT2D eigenvalue weighted by Crippen LogP contribution is 2.28. The van der Waals surface area contributed by atoms with Gasteiger partial charge in [0.2, 0.25) is 5.91 Å². The lowest BCUT2D eigenvalue weighted by Crippen LogP contribution is -2.24. The van der Waals surface area contributed by atoms with E-state index in [1.807, 2.05) is 51.1 Å².